The van der Waals surface area contributed by atoms with Crippen LogP contribution >= 0.6 is 11.8 Å². The maximum Gasteiger partial charge on any atom is 0.286 e. The highest BCUT2D eigenvalue weighted by molar-refractivity contribution is 6.20. The van der Waals surface area contributed by atoms with Crippen LogP contribution in [0.1, 0.15) is 18.1 Å². The van der Waals surface area contributed by atoms with Crippen LogP contribution in [-0.2, 0) is 11.3 Å². The van der Waals surface area contributed by atoms with Crippen LogP contribution < -0.4 is 4.74 Å². The Kier molecular flexibility index (Phi) is 4.79. The Labute approximate surface area is 163 Å². The van der Waals surface area contributed by atoms with Crippen molar-refractivity contribution in [3.63, 3.8) is 0 Å². The molecule has 1 unspecified atom stereocenters. The van der Waals surface area contributed by atoms with Gasteiger partial charge in [-0.2, -0.15) is 4.99 Å². The molecule has 27 heavy (non-hydrogen) atoms. The highest BCUT2D eigenvalue weighted by Crippen LogP contribution is 2.38. The van der Waals surface area contributed by atoms with Crippen molar-refractivity contribution in [1.82, 2.24) is 0 Å². The number of halogens is 1. The molecule has 0 amide bonds. The third-order valence-electron chi connectivity index (χ3n) is 4.26. The van der Waals surface area contributed by atoms with E-state index < -0.39 is 0 Å². The first-order valence-corrected chi connectivity index (χ1v) is 9.08. The van der Waals surface area contributed by atoms with Gasteiger partial charge in [0.15, 0.2) is 11.8 Å². The zero-order valence-corrected chi connectivity index (χ0v) is 15.6. The summed E-state index contributed by atoms with van der Waals surface area (Å²) in [4.78, 5) is 8.80. The molecular weight excluding hydrogens is 362 g/mol. The Morgan fingerprint density at radius 2 is 1.89 bits per heavy atom. The van der Waals surface area contributed by atoms with Crippen LogP contribution in [-0.4, -0.2) is 22.7 Å². The van der Waals surface area contributed by atoms with Crippen LogP contribution in [0.2, 0.25) is 0 Å². The van der Waals surface area contributed by atoms with Gasteiger partial charge in [0.1, 0.15) is 18.6 Å². The number of allylic oxidation sites excluding steroid dienone is 1. The Morgan fingerprint density at radius 3 is 2.70 bits per heavy atom. The molecule has 4 rings (SSSR count). The number of hydrogen-bond donors (Lipinski definition) is 0. The van der Waals surface area contributed by atoms with Crippen LogP contribution in [0.4, 0.5) is 0 Å². The Balaban J connectivity index is 1.61. The first kappa shape index (κ1) is 17.5. The van der Waals surface area contributed by atoms with E-state index in [1.165, 1.54) is 0 Å². The molecule has 0 fully saturated rings. The Bertz CT molecular complexity index is 966. The molecule has 0 aromatic heterocycles. The van der Waals surface area contributed by atoms with Crippen molar-refractivity contribution >= 4 is 23.8 Å². The fourth-order valence-electron chi connectivity index (χ4n) is 2.97. The van der Waals surface area contributed by atoms with Gasteiger partial charge < -0.3 is 9.47 Å². The van der Waals surface area contributed by atoms with E-state index in [0.717, 1.165) is 16.9 Å². The topological polar surface area (TPSA) is 43.2 Å². The standard InChI is InChI=1S/C21H19ClN3O2/c1-2-26-21-19-14-23-11-12-25(19,22)20(24-21)17-9-6-10-18(13-17)27-15-16-7-4-3-5-8-16/h3-14H,2,15H2,1H3/q+1. The normalized spacial score (nSPS) is 20.4. The second-order valence-electron chi connectivity index (χ2n) is 6.07. The van der Waals surface area contributed by atoms with Crippen LogP contribution in [0.15, 0.2) is 88.6 Å². The molecule has 2 aromatic rings. The average molecular weight is 381 g/mol. The smallest absolute Gasteiger partial charge is 0.286 e. The van der Waals surface area contributed by atoms with Crippen LogP contribution in [0.5, 0.6) is 5.75 Å². The van der Waals surface area contributed by atoms with Gasteiger partial charge in [0.2, 0.25) is 5.70 Å². The summed E-state index contributed by atoms with van der Waals surface area (Å²) >= 11 is 6.88. The summed E-state index contributed by atoms with van der Waals surface area (Å²) in [6.45, 7) is 2.92. The van der Waals surface area contributed by atoms with Gasteiger partial charge in [-0.05, 0) is 30.7 Å². The lowest BCUT2D eigenvalue weighted by Crippen LogP contribution is -2.37. The molecule has 2 aliphatic heterocycles. The minimum absolute atomic E-state index is 0.0963. The zero-order chi connectivity index (χ0) is 18.7. The van der Waals surface area contributed by atoms with Crippen LogP contribution in [0.3, 0.4) is 0 Å². The number of ether oxygens (including phenoxy) is 2. The van der Waals surface area contributed by atoms with Crippen molar-refractivity contribution in [3.8, 4) is 5.75 Å². The molecule has 136 valence electrons. The van der Waals surface area contributed by atoms with Gasteiger partial charge in [0.25, 0.3) is 11.7 Å². The molecule has 0 N–H and O–H groups in total. The van der Waals surface area contributed by atoms with E-state index in [0.29, 0.717) is 30.6 Å². The van der Waals surface area contributed by atoms with Crippen molar-refractivity contribution in [1.29, 1.82) is 0 Å². The third kappa shape index (κ3) is 3.39. The number of quaternary nitrogens is 1. The molecule has 0 spiro atoms. The molecule has 6 heteroatoms. The quantitative estimate of drug-likeness (QED) is 0.678. The van der Waals surface area contributed by atoms with Gasteiger partial charge in [-0.25, -0.2) is 0 Å². The monoisotopic (exact) mass is 380 g/mol. The van der Waals surface area contributed by atoms with E-state index in [2.05, 4.69) is 9.98 Å². The van der Waals surface area contributed by atoms with Crippen molar-refractivity contribution < 1.29 is 13.5 Å². The van der Waals surface area contributed by atoms with Crippen molar-refractivity contribution in [2.45, 2.75) is 13.5 Å². The van der Waals surface area contributed by atoms with E-state index in [9.17, 15) is 0 Å². The van der Waals surface area contributed by atoms with Crippen molar-refractivity contribution in [3.05, 3.63) is 89.7 Å². The van der Waals surface area contributed by atoms with Gasteiger partial charge in [-0.3, -0.25) is 4.99 Å². The fourth-order valence-corrected chi connectivity index (χ4v) is 3.28. The average Bonchev–Trinajstić information content (AvgIpc) is 3.00. The number of aliphatic imine (C=N–C) groups is 2. The highest BCUT2D eigenvalue weighted by atomic mass is 35.5. The molecule has 5 nitrogen and oxygen atoms in total. The zero-order valence-electron chi connectivity index (χ0n) is 14.9. The summed E-state index contributed by atoms with van der Waals surface area (Å²) in [5.74, 6) is 1.90. The van der Waals surface area contributed by atoms with Gasteiger partial charge in [-0.1, -0.05) is 36.4 Å². The largest absolute Gasteiger partial charge is 0.489 e. The van der Waals surface area contributed by atoms with Gasteiger partial charge in [0.05, 0.1) is 24.6 Å². The van der Waals surface area contributed by atoms with E-state index in [-0.39, 0.29) is 4.00 Å². The van der Waals surface area contributed by atoms with E-state index in [4.69, 9.17) is 21.3 Å². The first-order chi connectivity index (χ1) is 13.2. The van der Waals surface area contributed by atoms with Crippen molar-refractivity contribution in [2.24, 2.45) is 9.98 Å². The van der Waals surface area contributed by atoms with Gasteiger partial charge in [0, 0.05) is 0 Å². The molecule has 0 bridgehead atoms. The number of nitrogens with zero attached hydrogens (tertiary/aromatic N) is 3. The number of hydrogen-bond acceptors (Lipinski definition) is 4. The second-order valence-corrected chi connectivity index (χ2v) is 6.61. The van der Waals surface area contributed by atoms with Crippen LogP contribution in [0.25, 0.3) is 0 Å². The second kappa shape index (κ2) is 7.39. The summed E-state index contributed by atoms with van der Waals surface area (Å²) < 4.78 is 11.5. The lowest BCUT2D eigenvalue weighted by Gasteiger charge is -2.22. The lowest BCUT2D eigenvalue weighted by molar-refractivity contribution is -0.600. The Morgan fingerprint density at radius 1 is 1.04 bits per heavy atom. The van der Waals surface area contributed by atoms with Gasteiger partial charge >= 0.3 is 0 Å². The number of benzene rings is 2. The van der Waals surface area contributed by atoms with Crippen LogP contribution in [0, 0.1) is 0 Å². The minimum atomic E-state index is -0.0963. The molecule has 1 atom stereocenters. The number of amidine groups is 1. The molecule has 2 aliphatic rings. The van der Waals surface area contributed by atoms with E-state index in [1.807, 2.05) is 61.5 Å². The maximum absolute atomic E-state index is 6.88. The van der Waals surface area contributed by atoms with E-state index in [1.54, 1.807) is 18.6 Å². The number of rotatable bonds is 6. The lowest BCUT2D eigenvalue weighted by atomic mass is 10.1. The van der Waals surface area contributed by atoms with E-state index >= 15 is 0 Å². The molecule has 0 aliphatic carbocycles. The van der Waals surface area contributed by atoms with Gasteiger partial charge in [-0.15, -0.1) is 4.00 Å². The van der Waals surface area contributed by atoms with Crippen molar-refractivity contribution in [2.75, 3.05) is 6.61 Å². The molecule has 0 radical (unpaired) electrons. The summed E-state index contributed by atoms with van der Waals surface area (Å²) in [6, 6.07) is 17.8. The first-order valence-electron chi connectivity index (χ1n) is 8.74. The molecule has 2 aromatic carbocycles. The highest BCUT2D eigenvalue weighted by Gasteiger charge is 2.47. The summed E-state index contributed by atoms with van der Waals surface area (Å²) in [5, 5.41) is 0. The molecule has 2 heterocycles. The molecule has 0 saturated heterocycles. The Hall–Kier alpha value is -2.89. The predicted octanol–water partition coefficient (Wildman–Crippen LogP) is 4.76. The minimum Gasteiger partial charge on any atom is -0.489 e. The molecule has 0 saturated carbocycles. The number of fused-ring (bicyclic) bond motifs is 1. The molecular formula is C21H19ClN3O2+. The fraction of sp³-hybridized carbons (Fsp3) is 0.143. The SMILES string of the molecule is CCOC1=C2C=NC=C[N+]2(Cl)C(c2cccc(OCc3ccccc3)c2)=N1. The summed E-state index contributed by atoms with van der Waals surface area (Å²) in [7, 11) is 0. The maximum atomic E-state index is 6.88. The summed E-state index contributed by atoms with van der Waals surface area (Å²) in [6.07, 6.45) is 5.13. The predicted molar refractivity (Wildman–Crippen MR) is 106 cm³/mol. The summed E-state index contributed by atoms with van der Waals surface area (Å²) in [5.41, 5.74) is 2.68. The third-order valence-corrected chi connectivity index (χ3v) is 4.72.